The lowest BCUT2D eigenvalue weighted by Crippen LogP contribution is -2.50. The van der Waals surface area contributed by atoms with Crippen molar-refractivity contribution in [3.63, 3.8) is 0 Å². The van der Waals surface area contributed by atoms with Crippen molar-refractivity contribution in [2.45, 2.75) is 39.5 Å². The predicted molar refractivity (Wildman–Crippen MR) is 118 cm³/mol. The third kappa shape index (κ3) is 6.82. The molecule has 0 bridgehead atoms. The van der Waals surface area contributed by atoms with E-state index in [1.807, 2.05) is 13.8 Å². The van der Waals surface area contributed by atoms with E-state index in [-0.39, 0.29) is 35.8 Å². The second kappa shape index (κ2) is 11.7. The third-order valence-electron chi connectivity index (χ3n) is 5.11. The van der Waals surface area contributed by atoms with E-state index in [4.69, 9.17) is 16.3 Å². The molecular weight excluding hydrogens is 442 g/mol. The Hall–Kier alpha value is -2.87. The SMILES string of the molecule is CC[C@H](C)[C@H](NC(=O)c1ccc(Cl)cc1)C(=O)N(C)Cc1ccc(OC(F)F)c(OC)c1. The van der Waals surface area contributed by atoms with Crippen molar-refractivity contribution in [2.24, 2.45) is 5.92 Å². The lowest BCUT2D eigenvalue weighted by atomic mass is 9.97. The summed E-state index contributed by atoms with van der Waals surface area (Å²) in [5.41, 5.74) is 1.06. The maximum Gasteiger partial charge on any atom is 0.387 e. The molecule has 2 amide bonds. The predicted octanol–water partition coefficient (Wildman–Crippen LogP) is 4.75. The summed E-state index contributed by atoms with van der Waals surface area (Å²) < 4.78 is 34.6. The average molecular weight is 469 g/mol. The maximum absolute atomic E-state index is 13.2. The highest BCUT2D eigenvalue weighted by Gasteiger charge is 2.29. The number of carbonyl (C=O) groups excluding carboxylic acids is 2. The van der Waals surface area contributed by atoms with E-state index < -0.39 is 12.7 Å². The van der Waals surface area contributed by atoms with Crippen LogP contribution in [0.3, 0.4) is 0 Å². The van der Waals surface area contributed by atoms with Crippen LogP contribution in [0.1, 0.15) is 36.2 Å². The first-order valence-electron chi connectivity index (χ1n) is 10.1. The van der Waals surface area contributed by atoms with E-state index in [0.29, 0.717) is 22.6 Å². The Labute approximate surface area is 191 Å². The lowest BCUT2D eigenvalue weighted by Gasteiger charge is -2.28. The second-order valence-corrected chi connectivity index (χ2v) is 7.84. The Bertz CT molecular complexity index is 925. The molecule has 6 nitrogen and oxygen atoms in total. The molecule has 174 valence electrons. The first kappa shape index (κ1) is 25.4. The van der Waals surface area contributed by atoms with Crippen LogP contribution in [0.5, 0.6) is 11.5 Å². The molecule has 0 aliphatic carbocycles. The van der Waals surface area contributed by atoms with Gasteiger partial charge in [0.15, 0.2) is 11.5 Å². The number of carbonyl (C=O) groups is 2. The molecule has 9 heteroatoms. The number of nitrogens with one attached hydrogen (secondary N) is 1. The van der Waals surface area contributed by atoms with Crippen LogP contribution in [0.25, 0.3) is 0 Å². The van der Waals surface area contributed by atoms with Crippen molar-refractivity contribution in [3.8, 4) is 11.5 Å². The number of halogens is 3. The van der Waals surface area contributed by atoms with Gasteiger partial charge in [0.2, 0.25) is 5.91 Å². The van der Waals surface area contributed by atoms with Gasteiger partial charge in [0.05, 0.1) is 7.11 Å². The molecule has 2 rings (SSSR count). The van der Waals surface area contributed by atoms with Gasteiger partial charge in [-0.05, 0) is 47.9 Å². The molecule has 0 aromatic heterocycles. The van der Waals surface area contributed by atoms with Crippen LogP contribution in [0.2, 0.25) is 5.02 Å². The fraction of sp³-hybridized carbons (Fsp3) is 0.391. The Balaban J connectivity index is 2.15. The number of ether oxygens (including phenoxy) is 2. The second-order valence-electron chi connectivity index (χ2n) is 7.40. The van der Waals surface area contributed by atoms with Gasteiger partial charge in [-0.1, -0.05) is 37.9 Å². The number of methoxy groups -OCH3 is 1. The monoisotopic (exact) mass is 468 g/mol. The Kier molecular flexibility index (Phi) is 9.26. The molecule has 0 fully saturated rings. The minimum Gasteiger partial charge on any atom is -0.493 e. The zero-order valence-corrected chi connectivity index (χ0v) is 19.2. The van der Waals surface area contributed by atoms with Gasteiger partial charge in [0.1, 0.15) is 6.04 Å². The van der Waals surface area contributed by atoms with Crippen LogP contribution in [0, 0.1) is 5.92 Å². The van der Waals surface area contributed by atoms with Gasteiger partial charge in [0, 0.05) is 24.2 Å². The molecule has 0 aliphatic heterocycles. The summed E-state index contributed by atoms with van der Waals surface area (Å²) in [4.78, 5) is 27.3. The Morgan fingerprint density at radius 1 is 1.12 bits per heavy atom. The van der Waals surface area contributed by atoms with Crippen molar-refractivity contribution >= 4 is 23.4 Å². The summed E-state index contributed by atoms with van der Waals surface area (Å²) in [5.74, 6) is -0.707. The largest absolute Gasteiger partial charge is 0.493 e. The molecule has 0 heterocycles. The van der Waals surface area contributed by atoms with Gasteiger partial charge in [-0.2, -0.15) is 8.78 Å². The van der Waals surface area contributed by atoms with E-state index >= 15 is 0 Å². The van der Waals surface area contributed by atoms with Gasteiger partial charge in [0.25, 0.3) is 5.91 Å². The molecule has 2 aromatic rings. The van der Waals surface area contributed by atoms with E-state index in [0.717, 1.165) is 0 Å². The third-order valence-corrected chi connectivity index (χ3v) is 5.36. The summed E-state index contributed by atoms with van der Waals surface area (Å²) in [5, 5.41) is 3.33. The Morgan fingerprint density at radius 3 is 2.34 bits per heavy atom. The van der Waals surface area contributed by atoms with Crippen LogP contribution in [0.4, 0.5) is 8.78 Å². The summed E-state index contributed by atoms with van der Waals surface area (Å²) in [6, 6.07) is 10.1. The number of nitrogens with zero attached hydrogens (tertiary/aromatic N) is 1. The molecular formula is C23H27ClF2N2O4. The van der Waals surface area contributed by atoms with Crippen molar-refractivity contribution in [1.29, 1.82) is 0 Å². The summed E-state index contributed by atoms with van der Waals surface area (Å²) >= 11 is 5.87. The van der Waals surface area contributed by atoms with Crippen molar-refractivity contribution in [3.05, 3.63) is 58.6 Å². The molecule has 1 N–H and O–H groups in total. The minimum absolute atomic E-state index is 0.0899. The average Bonchev–Trinajstić information content (AvgIpc) is 2.77. The van der Waals surface area contributed by atoms with Gasteiger partial charge in [-0.3, -0.25) is 9.59 Å². The quantitative estimate of drug-likeness (QED) is 0.546. The van der Waals surface area contributed by atoms with Gasteiger partial charge in [-0.15, -0.1) is 0 Å². The van der Waals surface area contributed by atoms with Gasteiger partial charge < -0.3 is 19.7 Å². The lowest BCUT2D eigenvalue weighted by molar-refractivity contribution is -0.133. The van der Waals surface area contributed by atoms with Crippen LogP contribution in [-0.4, -0.2) is 43.5 Å². The standard InChI is InChI=1S/C23H27ClF2N2O4/c1-5-14(2)20(27-21(29)16-7-9-17(24)10-8-16)22(30)28(3)13-15-6-11-18(32-23(25)26)19(12-15)31-4/h6-12,14,20,23H,5,13H2,1-4H3,(H,27,29)/t14-,20-/m0/s1. The van der Waals surface area contributed by atoms with E-state index in [1.165, 1.54) is 24.1 Å². The van der Waals surface area contributed by atoms with Crippen molar-refractivity contribution in [2.75, 3.05) is 14.2 Å². The first-order valence-corrected chi connectivity index (χ1v) is 10.5. The van der Waals surface area contributed by atoms with Crippen LogP contribution < -0.4 is 14.8 Å². The van der Waals surface area contributed by atoms with Gasteiger partial charge in [-0.25, -0.2) is 0 Å². The molecule has 2 atom stereocenters. The number of benzene rings is 2. The summed E-state index contributed by atoms with van der Waals surface area (Å²) in [7, 11) is 2.96. The number of hydrogen-bond acceptors (Lipinski definition) is 4. The Morgan fingerprint density at radius 2 is 1.78 bits per heavy atom. The molecule has 0 radical (unpaired) electrons. The van der Waals surface area contributed by atoms with E-state index in [1.54, 1.807) is 37.4 Å². The number of likely N-dealkylation sites (N-methyl/N-ethyl adjacent to an activating group) is 1. The summed E-state index contributed by atoms with van der Waals surface area (Å²) in [6.45, 7) is 1.04. The zero-order valence-electron chi connectivity index (χ0n) is 18.4. The smallest absolute Gasteiger partial charge is 0.387 e. The minimum atomic E-state index is -2.97. The van der Waals surface area contributed by atoms with Crippen LogP contribution in [-0.2, 0) is 11.3 Å². The zero-order chi connectivity index (χ0) is 23.8. The number of rotatable bonds is 10. The van der Waals surface area contributed by atoms with Crippen molar-refractivity contribution in [1.82, 2.24) is 10.2 Å². The number of amides is 2. The highest BCUT2D eigenvalue weighted by Crippen LogP contribution is 2.30. The van der Waals surface area contributed by atoms with Crippen molar-refractivity contribution < 1.29 is 27.8 Å². The molecule has 0 saturated carbocycles. The van der Waals surface area contributed by atoms with E-state index in [9.17, 15) is 18.4 Å². The number of hydrogen-bond donors (Lipinski definition) is 1. The van der Waals surface area contributed by atoms with Crippen LogP contribution >= 0.6 is 11.6 Å². The normalized spacial score (nSPS) is 12.8. The molecule has 0 saturated heterocycles. The molecule has 0 aliphatic rings. The first-order chi connectivity index (χ1) is 15.2. The topological polar surface area (TPSA) is 67.9 Å². The highest BCUT2D eigenvalue weighted by atomic mass is 35.5. The number of alkyl halides is 2. The van der Waals surface area contributed by atoms with E-state index in [2.05, 4.69) is 10.1 Å². The van der Waals surface area contributed by atoms with Gasteiger partial charge >= 0.3 is 6.61 Å². The maximum atomic E-state index is 13.2. The highest BCUT2D eigenvalue weighted by molar-refractivity contribution is 6.30. The fourth-order valence-electron chi connectivity index (χ4n) is 3.10. The molecule has 0 unspecified atom stereocenters. The molecule has 32 heavy (non-hydrogen) atoms. The fourth-order valence-corrected chi connectivity index (χ4v) is 3.23. The summed E-state index contributed by atoms with van der Waals surface area (Å²) in [6.07, 6.45) is 0.679. The molecule has 0 spiro atoms. The van der Waals surface area contributed by atoms with Crippen LogP contribution in [0.15, 0.2) is 42.5 Å². The molecule has 2 aromatic carbocycles.